The van der Waals surface area contributed by atoms with E-state index in [9.17, 15) is 22.8 Å². The Morgan fingerprint density at radius 2 is 1.66 bits per heavy atom. The molecule has 1 saturated heterocycles. The molecular weight excluding hydrogens is 531 g/mol. The molecule has 2 amide bonds. The maximum atomic E-state index is 13.5. The van der Waals surface area contributed by atoms with E-state index >= 15 is 0 Å². The summed E-state index contributed by atoms with van der Waals surface area (Å²) in [4.78, 5) is 27.6. The van der Waals surface area contributed by atoms with E-state index in [1.54, 1.807) is 43.1 Å². The second-order valence-corrected chi connectivity index (χ2v) is 10.7. The number of nitrogens with zero attached hydrogens (tertiary/aromatic N) is 4. The Hall–Kier alpha value is -4.34. The van der Waals surface area contributed by atoms with E-state index in [0.29, 0.717) is 30.9 Å². The van der Waals surface area contributed by atoms with Crippen LogP contribution < -0.4 is 5.32 Å². The summed E-state index contributed by atoms with van der Waals surface area (Å²) in [6.45, 7) is 5.32. The van der Waals surface area contributed by atoms with Crippen LogP contribution in [0.15, 0.2) is 79.4 Å². The minimum absolute atomic E-state index is 0.0367. The quantitative estimate of drug-likeness (QED) is 0.275. The van der Waals surface area contributed by atoms with Crippen LogP contribution >= 0.6 is 0 Å². The molecule has 3 heterocycles. The van der Waals surface area contributed by atoms with Crippen molar-refractivity contribution >= 4 is 17.5 Å². The molecule has 2 aromatic heterocycles. The van der Waals surface area contributed by atoms with E-state index in [2.05, 4.69) is 10.4 Å². The normalized spacial score (nSPS) is 14.4. The highest BCUT2D eigenvalue weighted by Gasteiger charge is 2.37. The van der Waals surface area contributed by atoms with Gasteiger partial charge in [0, 0.05) is 43.4 Å². The van der Waals surface area contributed by atoms with Crippen molar-refractivity contribution in [3.05, 3.63) is 107 Å². The summed E-state index contributed by atoms with van der Waals surface area (Å²) in [7, 11) is 0. The molecule has 41 heavy (non-hydrogen) atoms. The van der Waals surface area contributed by atoms with E-state index in [4.69, 9.17) is 0 Å². The zero-order valence-electron chi connectivity index (χ0n) is 22.9. The van der Waals surface area contributed by atoms with Crippen molar-refractivity contribution in [1.29, 1.82) is 0 Å². The van der Waals surface area contributed by atoms with E-state index in [1.165, 1.54) is 10.8 Å². The van der Waals surface area contributed by atoms with Crippen molar-refractivity contribution in [2.24, 2.45) is 0 Å². The highest BCUT2D eigenvalue weighted by atomic mass is 19.4. The van der Waals surface area contributed by atoms with E-state index in [-0.39, 0.29) is 17.9 Å². The van der Waals surface area contributed by atoms with Gasteiger partial charge in [-0.25, -0.2) is 0 Å². The molecule has 1 fully saturated rings. The molecule has 2 aromatic carbocycles. The Kier molecular flexibility index (Phi) is 8.01. The van der Waals surface area contributed by atoms with Gasteiger partial charge < -0.3 is 14.8 Å². The van der Waals surface area contributed by atoms with E-state index in [0.717, 1.165) is 30.2 Å². The Morgan fingerprint density at radius 3 is 2.29 bits per heavy atom. The van der Waals surface area contributed by atoms with Crippen LogP contribution in [0.25, 0.3) is 0 Å². The lowest BCUT2D eigenvalue weighted by Crippen LogP contribution is -2.37. The summed E-state index contributed by atoms with van der Waals surface area (Å²) in [6, 6.07) is 16.9. The zero-order chi connectivity index (χ0) is 29.1. The third kappa shape index (κ3) is 6.53. The van der Waals surface area contributed by atoms with Crippen LogP contribution in [0.2, 0.25) is 0 Å². The van der Waals surface area contributed by atoms with Gasteiger partial charge in [-0.05, 0) is 55.9 Å². The van der Waals surface area contributed by atoms with E-state index < -0.39 is 23.2 Å². The molecule has 0 saturated carbocycles. The van der Waals surface area contributed by atoms with Crippen LogP contribution in [-0.2, 0) is 12.7 Å². The predicted octanol–water partition coefficient (Wildman–Crippen LogP) is 6.60. The number of halogens is 3. The molecule has 4 aromatic rings. The number of aromatic nitrogens is 3. The maximum Gasteiger partial charge on any atom is 0.418 e. The summed E-state index contributed by atoms with van der Waals surface area (Å²) in [5.74, 6) is -0.602. The van der Waals surface area contributed by atoms with Gasteiger partial charge in [0.05, 0.1) is 29.4 Å². The predicted molar refractivity (Wildman–Crippen MR) is 150 cm³/mol. The van der Waals surface area contributed by atoms with Gasteiger partial charge in [-0.2, -0.15) is 18.3 Å². The molecule has 0 radical (unpaired) electrons. The van der Waals surface area contributed by atoms with Crippen molar-refractivity contribution in [3.8, 4) is 0 Å². The van der Waals surface area contributed by atoms with Crippen LogP contribution in [0.4, 0.5) is 18.9 Å². The fourth-order valence-electron chi connectivity index (χ4n) is 5.15. The molecule has 0 atom stereocenters. The lowest BCUT2D eigenvalue weighted by Gasteiger charge is -2.32. The molecular formula is C31H32F3N5O2. The number of hydrogen-bond acceptors (Lipinski definition) is 3. The lowest BCUT2D eigenvalue weighted by atomic mass is 9.89. The number of piperidine rings is 1. The third-order valence-electron chi connectivity index (χ3n) is 7.48. The number of nitrogens with one attached hydrogen (secondary N) is 1. The zero-order valence-corrected chi connectivity index (χ0v) is 22.9. The lowest BCUT2D eigenvalue weighted by molar-refractivity contribution is -0.137. The number of amides is 2. The second-order valence-electron chi connectivity index (χ2n) is 10.7. The number of carbonyl (C=O) groups is 2. The molecule has 1 aliphatic rings. The molecule has 0 aliphatic carbocycles. The molecule has 1 aliphatic heterocycles. The molecule has 0 bridgehead atoms. The van der Waals surface area contributed by atoms with Gasteiger partial charge in [0.15, 0.2) is 0 Å². The average Bonchev–Trinajstić information content (AvgIpc) is 3.62. The standard InChI is InChI=1S/C31H32F3N5O2/c1-21(2)38-19-27(28(20-38)31(32,33)34)29(40)36-26-10-8-23(9-11-26)24-12-14-37(15-13-24)30(41)25-16-35-39(18-25)17-22-6-4-3-5-7-22/h3-11,16,18-21,24H,12-15,17H2,1-2H3,(H,36,40). The number of hydrogen-bond donors (Lipinski definition) is 1. The van der Waals surface area contributed by atoms with Gasteiger partial charge in [-0.3, -0.25) is 14.3 Å². The summed E-state index contributed by atoms with van der Waals surface area (Å²) in [5, 5.41) is 6.94. The molecule has 5 rings (SSSR count). The molecule has 214 valence electrons. The van der Waals surface area contributed by atoms with Gasteiger partial charge in [0.25, 0.3) is 11.8 Å². The smallest absolute Gasteiger partial charge is 0.350 e. The number of benzene rings is 2. The van der Waals surface area contributed by atoms with Gasteiger partial charge >= 0.3 is 6.18 Å². The number of anilines is 1. The maximum absolute atomic E-state index is 13.5. The first-order valence-electron chi connectivity index (χ1n) is 13.6. The Morgan fingerprint density at radius 1 is 0.976 bits per heavy atom. The molecule has 10 heteroatoms. The molecule has 1 N–H and O–H groups in total. The van der Waals surface area contributed by atoms with Crippen molar-refractivity contribution in [3.63, 3.8) is 0 Å². The van der Waals surface area contributed by atoms with Gasteiger partial charge in [0.1, 0.15) is 0 Å². The summed E-state index contributed by atoms with van der Waals surface area (Å²) in [5.41, 5.74) is 1.80. The molecule has 7 nitrogen and oxygen atoms in total. The second kappa shape index (κ2) is 11.6. The van der Waals surface area contributed by atoms with Gasteiger partial charge in [0.2, 0.25) is 0 Å². The van der Waals surface area contributed by atoms with E-state index in [1.807, 2.05) is 47.4 Å². The highest BCUT2D eigenvalue weighted by Crippen LogP contribution is 2.34. The first-order chi connectivity index (χ1) is 19.6. The fourth-order valence-corrected chi connectivity index (χ4v) is 5.15. The number of carbonyl (C=O) groups excluding carboxylic acids is 2. The first-order valence-corrected chi connectivity index (χ1v) is 13.6. The van der Waals surface area contributed by atoms with Crippen molar-refractivity contribution in [2.45, 2.75) is 51.4 Å². The monoisotopic (exact) mass is 563 g/mol. The highest BCUT2D eigenvalue weighted by molar-refractivity contribution is 6.05. The minimum atomic E-state index is -4.63. The van der Waals surface area contributed by atoms with Crippen LogP contribution in [0, 0.1) is 0 Å². The largest absolute Gasteiger partial charge is 0.418 e. The van der Waals surface area contributed by atoms with Crippen LogP contribution in [0.3, 0.4) is 0 Å². The number of rotatable bonds is 7. The summed E-state index contributed by atoms with van der Waals surface area (Å²) >= 11 is 0. The Balaban J connectivity index is 1.16. The SMILES string of the molecule is CC(C)n1cc(C(=O)Nc2ccc(C3CCN(C(=O)c4cnn(Cc5ccccc5)c4)CC3)cc2)c(C(F)(F)F)c1. The van der Waals surface area contributed by atoms with Crippen LogP contribution in [-0.4, -0.2) is 44.2 Å². The fraction of sp³-hybridized carbons (Fsp3) is 0.323. The Labute approximate surface area is 236 Å². The van der Waals surface area contributed by atoms with Crippen molar-refractivity contribution in [1.82, 2.24) is 19.2 Å². The van der Waals surface area contributed by atoms with Crippen molar-refractivity contribution in [2.75, 3.05) is 18.4 Å². The molecule has 0 spiro atoms. The topological polar surface area (TPSA) is 72.2 Å². The van der Waals surface area contributed by atoms with Crippen LogP contribution in [0.1, 0.15) is 76.1 Å². The van der Waals surface area contributed by atoms with Crippen molar-refractivity contribution < 1.29 is 22.8 Å². The average molecular weight is 564 g/mol. The molecule has 0 unspecified atom stereocenters. The summed E-state index contributed by atoms with van der Waals surface area (Å²) < 4.78 is 43.7. The number of likely N-dealkylation sites (tertiary alicyclic amines) is 1. The van der Waals surface area contributed by atoms with Crippen LogP contribution in [0.5, 0.6) is 0 Å². The van der Waals surface area contributed by atoms with Gasteiger partial charge in [-0.15, -0.1) is 0 Å². The minimum Gasteiger partial charge on any atom is -0.350 e. The Bertz CT molecular complexity index is 1500. The third-order valence-corrected chi connectivity index (χ3v) is 7.48. The number of alkyl halides is 3. The van der Waals surface area contributed by atoms with Gasteiger partial charge in [-0.1, -0.05) is 42.5 Å². The first kappa shape index (κ1) is 28.2. The summed E-state index contributed by atoms with van der Waals surface area (Å²) in [6.07, 6.45) is 2.54.